The van der Waals surface area contributed by atoms with Gasteiger partial charge in [0.1, 0.15) is 0 Å². The molecule has 2 aliphatic heterocycles. The van der Waals surface area contributed by atoms with E-state index in [4.69, 9.17) is 11.6 Å². The van der Waals surface area contributed by atoms with Gasteiger partial charge >= 0.3 is 0 Å². The molecule has 4 aromatic carbocycles. The Morgan fingerprint density at radius 3 is 1.12 bits per heavy atom. The summed E-state index contributed by atoms with van der Waals surface area (Å²) >= 11 is 6.51. The molecule has 0 aliphatic carbocycles. The minimum atomic E-state index is -3.07. The number of hydrogen-bond acceptors (Lipinski definition) is 2. The highest BCUT2D eigenvalue weighted by atomic mass is 35.5. The molecule has 7 aromatic rings. The van der Waals surface area contributed by atoms with Crippen LogP contribution in [0.4, 0.5) is 87.8 Å². The molecule has 0 radical (unpaired) electrons. The molecular formula is C44H9ClF20N4. The fraction of sp³-hybridized carbons (Fsp3) is 0. The number of fused-ring (bicyclic) bond motifs is 8. The first-order chi connectivity index (χ1) is 32.5. The number of nitrogens with one attached hydrogen (secondary N) is 2. The van der Waals surface area contributed by atoms with Crippen LogP contribution in [0.1, 0.15) is 28.3 Å². The summed E-state index contributed by atoms with van der Waals surface area (Å²) in [5, 5.41) is -1.38. The van der Waals surface area contributed by atoms with E-state index in [1.165, 1.54) is 18.2 Å². The minimum absolute atomic E-state index is 0.0763. The van der Waals surface area contributed by atoms with Crippen LogP contribution in [0.25, 0.3) is 78.2 Å². The Hall–Kier alpha value is -7.63. The van der Waals surface area contributed by atoms with Crippen LogP contribution in [0, 0.1) is 116 Å². The van der Waals surface area contributed by atoms with Crippen molar-refractivity contribution in [2.75, 3.05) is 0 Å². The molecule has 25 heteroatoms. The molecule has 0 atom stereocenters. The zero-order valence-electron chi connectivity index (χ0n) is 32.4. The number of H-pyrrole nitrogens is 2. The van der Waals surface area contributed by atoms with Gasteiger partial charge in [0.2, 0.25) is 23.3 Å². The van der Waals surface area contributed by atoms with Crippen LogP contribution in [0.3, 0.4) is 0 Å². The number of rotatable bonds is 4. The average molecular weight is 1010 g/mol. The van der Waals surface area contributed by atoms with Gasteiger partial charge in [0, 0.05) is 38.8 Å². The third kappa shape index (κ3) is 6.76. The van der Waals surface area contributed by atoms with Crippen molar-refractivity contribution < 1.29 is 87.8 Å². The maximum atomic E-state index is 16.5. The van der Waals surface area contributed by atoms with Gasteiger partial charge in [-0.05, 0) is 42.5 Å². The van der Waals surface area contributed by atoms with Gasteiger partial charge in [-0.25, -0.2) is 97.8 Å². The molecule has 2 N–H and O–H groups in total. The molecule has 0 saturated heterocycles. The van der Waals surface area contributed by atoms with E-state index in [1.54, 1.807) is 0 Å². The number of hydrogen-bond donors (Lipinski definition) is 2. The van der Waals surface area contributed by atoms with Gasteiger partial charge in [-0.3, -0.25) is 0 Å². The molecule has 2 aliphatic rings. The number of aromatic nitrogens is 4. The van der Waals surface area contributed by atoms with Crippen LogP contribution < -0.4 is 0 Å². The van der Waals surface area contributed by atoms with Crippen molar-refractivity contribution in [2.24, 2.45) is 0 Å². The second-order valence-electron chi connectivity index (χ2n) is 14.4. The van der Waals surface area contributed by atoms with Crippen LogP contribution >= 0.6 is 11.6 Å². The first kappa shape index (κ1) is 46.5. The lowest BCUT2D eigenvalue weighted by Gasteiger charge is -2.17. The van der Waals surface area contributed by atoms with E-state index in [1.807, 2.05) is 4.98 Å². The van der Waals surface area contributed by atoms with Gasteiger partial charge in [0.15, 0.2) is 93.1 Å². The van der Waals surface area contributed by atoms with Gasteiger partial charge in [-0.1, -0.05) is 11.6 Å². The van der Waals surface area contributed by atoms with Crippen LogP contribution in [0.5, 0.6) is 0 Å². The van der Waals surface area contributed by atoms with Crippen LogP contribution in [0.15, 0.2) is 30.3 Å². The fourth-order valence-corrected chi connectivity index (χ4v) is 7.83. The summed E-state index contributed by atoms with van der Waals surface area (Å²) in [6, 6.07) is 4.88. The lowest BCUT2D eigenvalue weighted by atomic mass is 9.89. The first-order valence-corrected chi connectivity index (χ1v) is 18.8. The highest BCUT2D eigenvalue weighted by Gasteiger charge is 2.41. The summed E-state index contributed by atoms with van der Waals surface area (Å²) in [7, 11) is 0. The van der Waals surface area contributed by atoms with Crippen molar-refractivity contribution in [1.29, 1.82) is 0 Å². The van der Waals surface area contributed by atoms with Crippen molar-refractivity contribution in [2.45, 2.75) is 0 Å². The minimum Gasteiger partial charge on any atom is -0.355 e. The Balaban J connectivity index is 1.72. The molecule has 3 aromatic heterocycles. The van der Waals surface area contributed by atoms with E-state index in [0.29, 0.717) is 6.07 Å². The van der Waals surface area contributed by atoms with Crippen molar-refractivity contribution in [3.63, 3.8) is 0 Å². The van der Waals surface area contributed by atoms with Gasteiger partial charge in [-0.2, -0.15) is 0 Å². The van der Waals surface area contributed by atoms with E-state index in [0.717, 1.165) is 18.2 Å². The average Bonchev–Trinajstić information content (AvgIpc) is 4.12. The molecule has 69 heavy (non-hydrogen) atoms. The van der Waals surface area contributed by atoms with E-state index in [-0.39, 0.29) is 16.7 Å². The number of halogens is 21. The quantitative estimate of drug-likeness (QED) is 0.105. The Morgan fingerprint density at radius 1 is 0.333 bits per heavy atom. The summed E-state index contributed by atoms with van der Waals surface area (Å²) in [5.41, 5.74) is -25.1. The molecule has 352 valence electrons. The van der Waals surface area contributed by atoms with Crippen molar-refractivity contribution in [3.05, 3.63) is 175 Å². The van der Waals surface area contributed by atoms with Gasteiger partial charge in [0.25, 0.3) is 0 Å². The number of aromatic amines is 2. The standard InChI is InChI=1S/C44H9ClF20N4/c45-22-13-7-11-4-2-9(67-11)5-8-1-3-10(66-8)6-12-14(17-23(46)31(54)39(62)32(55)24(17)47)15(18-25(48)33(56)40(63)34(57)26(18)49)43(68-12)21(20-29(52)37(60)42(65)38(61)30(20)53)44(69-13)16(22)19-27(50)35(58)41(64)36(59)28(19)51/h1-7,67-68H. The number of nitrogens with zero attached hydrogens (tertiary/aromatic N) is 2. The third-order valence-electron chi connectivity index (χ3n) is 10.6. The Bertz CT molecular complexity index is 3650. The van der Waals surface area contributed by atoms with E-state index < -0.39 is 194 Å². The maximum Gasteiger partial charge on any atom is 0.200 e. The third-order valence-corrected chi connectivity index (χ3v) is 11.0. The van der Waals surface area contributed by atoms with Gasteiger partial charge < -0.3 is 9.97 Å². The summed E-state index contributed by atoms with van der Waals surface area (Å²) in [6.45, 7) is 0. The second-order valence-corrected chi connectivity index (χ2v) is 14.8. The molecule has 0 fully saturated rings. The van der Waals surface area contributed by atoms with E-state index in [9.17, 15) is 17.6 Å². The van der Waals surface area contributed by atoms with Crippen LogP contribution in [0.2, 0.25) is 0 Å². The Morgan fingerprint density at radius 2 is 0.681 bits per heavy atom. The van der Waals surface area contributed by atoms with E-state index >= 15 is 70.2 Å². The van der Waals surface area contributed by atoms with E-state index in [2.05, 4.69) is 15.0 Å². The summed E-state index contributed by atoms with van der Waals surface area (Å²) in [5.74, 6) is -59.5. The molecule has 0 amide bonds. The van der Waals surface area contributed by atoms with Crippen molar-refractivity contribution in [3.8, 4) is 33.4 Å². The Kier molecular flexibility index (Phi) is 11.0. The first-order valence-electron chi connectivity index (χ1n) is 18.4. The van der Waals surface area contributed by atoms with Crippen LogP contribution in [-0.2, 0) is 0 Å². The van der Waals surface area contributed by atoms with Gasteiger partial charge in [-0.15, -0.1) is 0 Å². The van der Waals surface area contributed by atoms with Crippen molar-refractivity contribution in [1.82, 2.24) is 19.9 Å². The zero-order chi connectivity index (χ0) is 50.1. The predicted octanol–water partition coefficient (Wildman–Crippen LogP) is 14.4. The molecule has 0 saturated carbocycles. The monoisotopic (exact) mass is 1010 g/mol. The molecule has 0 unspecified atom stereocenters. The SMILES string of the molecule is Fc1c(F)c(F)c(C2=C(Cl)c3cc4ccc(cc5nc(cc6[nH]c(c(-c7c(F)c(F)c(F)c(F)c7F)c2n3)c(-c2c(F)c(F)c(F)c(F)c2F)c6-c2c(F)c(F)c(F)c(F)c2F)C=C5)[nH]4)c(F)c1F. The van der Waals surface area contributed by atoms with Crippen molar-refractivity contribution >= 4 is 56.4 Å². The number of benzene rings is 4. The molecule has 8 bridgehead atoms. The summed E-state index contributed by atoms with van der Waals surface area (Å²) in [4.78, 5) is 12.6. The highest BCUT2D eigenvalue weighted by molar-refractivity contribution is 6.54. The predicted molar refractivity (Wildman–Crippen MR) is 204 cm³/mol. The highest BCUT2D eigenvalue weighted by Crippen LogP contribution is 2.52. The fourth-order valence-electron chi connectivity index (χ4n) is 7.55. The molecule has 0 spiro atoms. The lowest BCUT2D eigenvalue weighted by molar-refractivity contribution is 0.376. The molecule has 5 heterocycles. The lowest BCUT2D eigenvalue weighted by Crippen LogP contribution is -2.10. The summed E-state index contributed by atoms with van der Waals surface area (Å²) < 4.78 is 311. The summed E-state index contributed by atoms with van der Waals surface area (Å²) in [6.07, 6.45) is 2.15. The zero-order valence-corrected chi connectivity index (χ0v) is 33.1. The van der Waals surface area contributed by atoms with Crippen LogP contribution in [-0.4, -0.2) is 19.9 Å². The largest absolute Gasteiger partial charge is 0.355 e. The maximum absolute atomic E-state index is 16.5. The normalized spacial score (nSPS) is 12.6. The topological polar surface area (TPSA) is 57.4 Å². The molecule has 9 rings (SSSR count). The second kappa shape index (κ2) is 16.3. The smallest absolute Gasteiger partial charge is 0.200 e. The van der Waals surface area contributed by atoms with Gasteiger partial charge in [0.05, 0.1) is 55.6 Å². The molecular weight excluding hydrogens is 1000 g/mol. The molecule has 4 nitrogen and oxygen atoms in total. The Labute approximate surface area is 372 Å².